The van der Waals surface area contributed by atoms with E-state index in [-0.39, 0.29) is 23.7 Å². The largest absolute Gasteiger partial charge is 0.359 e. The molecule has 8 nitrogen and oxygen atoms in total. The van der Waals surface area contributed by atoms with Gasteiger partial charge < -0.3 is 4.89 Å². The van der Waals surface area contributed by atoms with Crippen LogP contribution >= 0.6 is 15.7 Å². The van der Waals surface area contributed by atoms with Gasteiger partial charge in [0.1, 0.15) is 8.30 Å². The zero-order valence-electron chi connectivity index (χ0n) is 19.7. The van der Waals surface area contributed by atoms with Gasteiger partial charge in [-0.2, -0.15) is 0 Å². The Hall–Kier alpha value is 0.440. The first kappa shape index (κ1) is 36.8. The molecule has 180 valence electrons. The zero-order chi connectivity index (χ0) is 24.3. The summed E-state index contributed by atoms with van der Waals surface area (Å²) in [4.78, 5) is 22.2. The molecule has 0 rings (SSSR count). The highest BCUT2D eigenvalue weighted by atomic mass is 32.2. The van der Waals surface area contributed by atoms with Crippen molar-refractivity contribution < 1.29 is 17.9 Å². The highest BCUT2D eigenvalue weighted by molar-refractivity contribution is 7.88. The van der Waals surface area contributed by atoms with Crippen LogP contribution in [0.4, 0.5) is 0 Å². The molecule has 12 heteroatoms. The molecule has 0 aliphatic heterocycles. The number of nitrogens with two attached hydrogens (primary N) is 2. The smallest absolute Gasteiger partial charge is 0.295 e. The molecule has 0 aliphatic carbocycles. The third-order valence-corrected chi connectivity index (χ3v) is 9.79. The predicted molar refractivity (Wildman–Crippen MR) is 133 cm³/mol. The molecule has 5 unspecified atom stereocenters. The summed E-state index contributed by atoms with van der Waals surface area (Å²) in [6.45, 7) is 17.2. The normalized spacial score (nSPS) is 16.7. The molecular formula is C17H45N3O5P2S2. The van der Waals surface area contributed by atoms with Crippen molar-refractivity contribution in [2.24, 2.45) is 16.0 Å². The number of hydrogen-bond donors (Lipinski definition) is 3. The van der Waals surface area contributed by atoms with Gasteiger partial charge in [0.15, 0.2) is 0 Å². The molecule has 0 spiro atoms. The molecule has 0 fully saturated rings. The van der Waals surface area contributed by atoms with Crippen LogP contribution in [-0.2, 0) is 26.2 Å². The van der Waals surface area contributed by atoms with Gasteiger partial charge in [-0.15, -0.1) is 4.91 Å². The van der Waals surface area contributed by atoms with Crippen LogP contribution in [0.25, 0.3) is 0 Å². The van der Waals surface area contributed by atoms with E-state index < -0.39 is 48.2 Å². The van der Waals surface area contributed by atoms with E-state index in [0.29, 0.717) is 12.2 Å². The van der Waals surface area contributed by atoms with E-state index in [1.165, 1.54) is 0 Å². The third-order valence-electron chi connectivity index (χ3n) is 3.62. The van der Waals surface area contributed by atoms with Crippen LogP contribution in [-0.4, -0.2) is 47.1 Å². The molecule has 0 saturated carbocycles. The Morgan fingerprint density at radius 3 is 1.72 bits per heavy atom. The van der Waals surface area contributed by atoms with Crippen LogP contribution in [0.15, 0.2) is 4.95 Å². The molecule has 0 saturated heterocycles. The van der Waals surface area contributed by atoms with Crippen LogP contribution in [0.5, 0.6) is 0 Å². The fraction of sp³-hybridized carbons (Fsp3) is 1.00. The van der Waals surface area contributed by atoms with Gasteiger partial charge in [-0.3, -0.25) is 24.0 Å². The minimum Gasteiger partial charge on any atom is -0.359 e. The molecular weight excluding hydrogens is 452 g/mol. The lowest BCUT2D eigenvalue weighted by atomic mass is 10.1. The molecule has 0 aromatic carbocycles. The van der Waals surface area contributed by atoms with Crippen LogP contribution in [0.2, 0.25) is 0 Å². The van der Waals surface area contributed by atoms with Gasteiger partial charge >= 0.3 is 0 Å². The Bertz CT molecular complexity index is 496. The van der Waals surface area contributed by atoms with Crippen LogP contribution in [0.1, 0.15) is 75.2 Å². The first-order chi connectivity index (χ1) is 13.4. The van der Waals surface area contributed by atoms with Gasteiger partial charge in [-0.05, 0) is 12.8 Å². The Kier molecular flexibility index (Phi) is 27.5. The maximum atomic E-state index is 11.9. The molecule has 5 N–H and O–H groups in total. The molecule has 0 bridgehead atoms. The van der Waals surface area contributed by atoms with Crippen LogP contribution in [0.3, 0.4) is 0 Å². The van der Waals surface area contributed by atoms with Gasteiger partial charge in [-0.1, -0.05) is 62.3 Å². The van der Waals surface area contributed by atoms with Crippen molar-refractivity contribution >= 4 is 37.3 Å². The molecule has 0 aliphatic rings. The fourth-order valence-corrected chi connectivity index (χ4v) is 6.01. The van der Waals surface area contributed by atoms with E-state index >= 15 is 0 Å². The first-order valence-corrected chi connectivity index (χ1v) is 16.2. The van der Waals surface area contributed by atoms with E-state index in [4.69, 9.17) is 11.0 Å². The van der Waals surface area contributed by atoms with E-state index in [1.807, 2.05) is 55.4 Å². The second-order valence-electron chi connectivity index (χ2n) is 5.99. The molecule has 0 amide bonds. The molecule has 0 aromatic heterocycles. The second-order valence-corrected chi connectivity index (χ2v) is 13.7. The van der Waals surface area contributed by atoms with Crippen LogP contribution < -0.4 is 11.0 Å². The number of nitrogens with zero attached hydrogens (tertiary/aromatic N) is 1. The lowest BCUT2D eigenvalue weighted by molar-refractivity contribution is 0.550. The summed E-state index contributed by atoms with van der Waals surface area (Å²) in [7, 11) is -7.49. The Morgan fingerprint density at radius 1 is 1.00 bits per heavy atom. The molecule has 29 heavy (non-hydrogen) atoms. The van der Waals surface area contributed by atoms with Crippen molar-refractivity contribution in [3.63, 3.8) is 0 Å². The standard InChI is InChI=1S/C11H27N3O5P2S2.3C2H6/c1-10(21(13,17)14-15)4-6-22(18)8-9-23(19)7-5-11(2,3)20(12)16;3*1-2/h10,16H,4-9,12H2,1-3H3,(H2,13,17);3*1-2H3. The maximum Gasteiger partial charge on any atom is 0.295 e. The van der Waals surface area contributed by atoms with Crippen LogP contribution in [0, 0.1) is 4.91 Å². The summed E-state index contributed by atoms with van der Waals surface area (Å²) >= 11 is 0. The van der Waals surface area contributed by atoms with Crippen molar-refractivity contribution in [2.45, 2.75) is 86.0 Å². The lowest BCUT2D eigenvalue weighted by Gasteiger charge is -2.26. The summed E-state index contributed by atoms with van der Waals surface area (Å²) in [5.41, 5.74) is 10.2. The summed E-state index contributed by atoms with van der Waals surface area (Å²) < 4.78 is 35.3. The Morgan fingerprint density at radius 2 is 1.38 bits per heavy atom. The quantitative estimate of drug-likeness (QED) is 0.261. The number of nitroso groups, excluding NO2 is 1. The molecule has 0 radical (unpaired) electrons. The van der Waals surface area contributed by atoms with E-state index in [9.17, 15) is 22.8 Å². The second kappa shape index (κ2) is 21.7. The summed E-state index contributed by atoms with van der Waals surface area (Å²) in [6.07, 6.45) is 0.803. The van der Waals surface area contributed by atoms with E-state index in [2.05, 4.69) is 4.95 Å². The molecule has 5 atom stereocenters. The van der Waals surface area contributed by atoms with Crippen molar-refractivity contribution in [1.29, 1.82) is 0 Å². The molecule has 0 heterocycles. The highest BCUT2D eigenvalue weighted by Gasteiger charge is 2.27. The predicted octanol–water partition coefficient (Wildman–Crippen LogP) is 4.69. The Balaban J connectivity index is -0.000000472. The average molecular weight is 498 g/mol. The average Bonchev–Trinajstić information content (AvgIpc) is 2.73. The summed E-state index contributed by atoms with van der Waals surface area (Å²) in [5.74, 6) is 1.19. The minimum atomic E-state index is -3.56. The fourth-order valence-electron chi connectivity index (χ4n) is 1.44. The van der Waals surface area contributed by atoms with Crippen molar-refractivity contribution in [2.75, 3.05) is 23.0 Å². The zero-order valence-corrected chi connectivity index (χ0v) is 23.1. The number of rotatable bonds is 12. The molecule has 0 aromatic rings. The maximum absolute atomic E-state index is 11.9. The van der Waals surface area contributed by atoms with Crippen molar-refractivity contribution in [1.82, 2.24) is 0 Å². The topological polar surface area (TPSA) is 153 Å². The van der Waals surface area contributed by atoms with Gasteiger partial charge in [0.25, 0.3) is 7.44 Å². The third kappa shape index (κ3) is 20.1. The van der Waals surface area contributed by atoms with Crippen molar-refractivity contribution in [3.05, 3.63) is 4.91 Å². The monoisotopic (exact) mass is 497 g/mol. The van der Waals surface area contributed by atoms with Gasteiger partial charge in [0.2, 0.25) is 0 Å². The Labute approximate surface area is 185 Å². The van der Waals surface area contributed by atoms with Crippen molar-refractivity contribution in [3.8, 4) is 0 Å². The van der Waals surface area contributed by atoms with Gasteiger partial charge in [-0.25, -0.2) is 0 Å². The van der Waals surface area contributed by atoms with Gasteiger partial charge in [0.05, 0.1) is 0 Å². The SMILES string of the molecule is CC.CC.CC.CC(CCS(=O)CCS(=O)CCC(C)(C)P(N)O)P(N)(=O)N=O. The van der Waals surface area contributed by atoms with E-state index in [0.717, 1.165) is 0 Å². The summed E-state index contributed by atoms with van der Waals surface area (Å²) in [5, 5.41) is -0.455. The summed E-state index contributed by atoms with van der Waals surface area (Å²) in [6, 6.07) is 0. The lowest BCUT2D eigenvalue weighted by Crippen LogP contribution is -2.25. The minimum absolute atomic E-state index is 0.241. The highest BCUT2D eigenvalue weighted by Crippen LogP contribution is 2.44. The number of hydrogen-bond acceptors (Lipinski definition) is 6. The van der Waals surface area contributed by atoms with E-state index in [1.54, 1.807) is 6.92 Å². The first-order valence-electron chi connectivity index (χ1n) is 10.1. The van der Waals surface area contributed by atoms with Gasteiger partial charge in [0, 0.05) is 60.4 Å².